The first kappa shape index (κ1) is 21.4. The molecule has 0 spiro atoms. The largest absolute Gasteiger partial charge is 0.492 e. The summed E-state index contributed by atoms with van der Waals surface area (Å²) >= 11 is 7.37. The molecule has 0 N–H and O–H groups in total. The molecule has 0 fully saturated rings. The Morgan fingerprint density at radius 1 is 0.906 bits per heavy atom. The van der Waals surface area contributed by atoms with Crippen LogP contribution < -0.4 is 4.74 Å². The Morgan fingerprint density at radius 2 is 1.59 bits per heavy atom. The van der Waals surface area contributed by atoms with E-state index in [0.717, 1.165) is 47.8 Å². The molecule has 4 nitrogen and oxygen atoms in total. The minimum Gasteiger partial charge on any atom is -0.492 e. The number of aromatic nitrogens is 3. The monoisotopic (exact) mass is 551 g/mol. The van der Waals surface area contributed by atoms with E-state index >= 15 is 0 Å². The smallest absolute Gasteiger partial charge is 0.160 e. The summed E-state index contributed by atoms with van der Waals surface area (Å²) in [6.45, 7) is 7.84. The summed E-state index contributed by atoms with van der Waals surface area (Å²) in [5.41, 5.74) is 6.04. The first-order chi connectivity index (χ1) is 15.3. The van der Waals surface area contributed by atoms with Crippen molar-refractivity contribution < 1.29 is 4.74 Å². The van der Waals surface area contributed by atoms with Crippen molar-refractivity contribution in [1.29, 1.82) is 0 Å². The van der Waals surface area contributed by atoms with Gasteiger partial charge in [0.1, 0.15) is 17.9 Å². The third-order valence-electron chi connectivity index (χ3n) is 5.66. The Kier molecular flexibility index (Phi) is 5.46. The average Bonchev–Trinajstić information content (AvgIpc) is 3.05. The first-order valence-electron chi connectivity index (χ1n) is 10.6. The van der Waals surface area contributed by atoms with Crippen molar-refractivity contribution in [3.8, 4) is 5.75 Å². The van der Waals surface area contributed by atoms with Crippen molar-refractivity contribution >= 4 is 65.0 Å². The topological polar surface area (TPSA) is 39.9 Å². The van der Waals surface area contributed by atoms with E-state index in [1.165, 1.54) is 5.56 Å². The zero-order valence-electron chi connectivity index (χ0n) is 18.2. The molecule has 0 radical (unpaired) electrons. The number of ether oxygens (including phenoxy) is 1. The number of rotatable bonds is 4. The molecule has 0 bridgehead atoms. The molecule has 0 amide bonds. The third kappa shape index (κ3) is 3.90. The summed E-state index contributed by atoms with van der Waals surface area (Å²) in [5.74, 6) is 0.872. The molecule has 0 aliphatic rings. The Balaban J connectivity index is 1.53. The van der Waals surface area contributed by atoms with Crippen molar-refractivity contribution in [3.05, 3.63) is 75.2 Å². The molecule has 0 saturated heterocycles. The van der Waals surface area contributed by atoms with Gasteiger partial charge in [0.2, 0.25) is 0 Å². The zero-order valence-corrected chi connectivity index (χ0v) is 21.4. The van der Waals surface area contributed by atoms with E-state index in [9.17, 15) is 0 Å². The van der Waals surface area contributed by atoms with E-state index < -0.39 is 0 Å². The lowest BCUT2D eigenvalue weighted by Crippen LogP contribution is -2.11. The number of para-hydroxylation sites is 2. The summed E-state index contributed by atoms with van der Waals surface area (Å²) in [5, 5.41) is 1.06. The van der Waals surface area contributed by atoms with Gasteiger partial charge in [0, 0.05) is 14.3 Å². The van der Waals surface area contributed by atoms with Crippen molar-refractivity contribution in [3.63, 3.8) is 0 Å². The minimum atomic E-state index is 0.128. The highest BCUT2D eigenvalue weighted by Gasteiger charge is 2.18. The van der Waals surface area contributed by atoms with Gasteiger partial charge in [-0.05, 0) is 63.3 Å². The maximum atomic E-state index is 6.10. The quantitative estimate of drug-likeness (QED) is 0.230. The van der Waals surface area contributed by atoms with Crippen LogP contribution >= 0.6 is 31.9 Å². The van der Waals surface area contributed by atoms with Crippen LogP contribution in [0.2, 0.25) is 0 Å². The minimum absolute atomic E-state index is 0.128. The van der Waals surface area contributed by atoms with Crippen LogP contribution in [0.5, 0.6) is 5.75 Å². The molecule has 0 saturated carbocycles. The number of hydrogen-bond acceptors (Lipinski definition) is 3. The fourth-order valence-corrected chi connectivity index (χ4v) is 5.45. The molecule has 6 heteroatoms. The van der Waals surface area contributed by atoms with Gasteiger partial charge in [-0.1, -0.05) is 61.0 Å². The third-order valence-corrected chi connectivity index (χ3v) is 6.73. The van der Waals surface area contributed by atoms with Crippen LogP contribution in [0.15, 0.2) is 69.6 Å². The number of benzene rings is 3. The van der Waals surface area contributed by atoms with E-state index in [0.29, 0.717) is 13.2 Å². The molecular weight excluding hydrogens is 530 g/mol. The second-order valence-corrected chi connectivity index (χ2v) is 10.7. The molecule has 32 heavy (non-hydrogen) atoms. The SMILES string of the molecule is CC(C)(C)c1ccc(OCCn2c3nc4ccccc4nc3c3cc(Br)cc(Br)c32)cc1. The van der Waals surface area contributed by atoms with E-state index in [1.54, 1.807) is 0 Å². The van der Waals surface area contributed by atoms with Gasteiger partial charge < -0.3 is 9.30 Å². The summed E-state index contributed by atoms with van der Waals surface area (Å²) in [7, 11) is 0. The van der Waals surface area contributed by atoms with E-state index in [4.69, 9.17) is 14.7 Å². The molecule has 162 valence electrons. The lowest BCUT2D eigenvalue weighted by molar-refractivity contribution is 0.301. The maximum absolute atomic E-state index is 6.10. The summed E-state index contributed by atoms with van der Waals surface area (Å²) in [6.07, 6.45) is 0. The molecule has 0 atom stereocenters. The Bertz CT molecular complexity index is 1450. The van der Waals surface area contributed by atoms with Gasteiger partial charge in [0.05, 0.1) is 23.1 Å². The fourth-order valence-electron chi connectivity index (χ4n) is 4.01. The van der Waals surface area contributed by atoms with Crippen molar-refractivity contribution in [1.82, 2.24) is 14.5 Å². The highest BCUT2D eigenvalue weighted by molar-refractivity contribution is 9.11. The van der Waals surface area contributed by atoms with Crippen LogP contribution in [0.1, 0.15) is 26.3 Å². The predicted octanol–water partition coefficient (Wildman–Crippen LogP) is 7.64. The molecule has 5 rings (SSSR count). The summed E-state index contributed by atoms with van der Waals surface area (Å²) in [4.78, 5) is 9.90. The normalized spacial score (nSPS) is 12.2. The van der Waals surface area contributed by atoms with Crippen LogP contribution in [0, 0.1) is 0 Å². The second-order valence-electron chi connectivity index (χ2n) is 8.94. The van der Waals surface area contributed by atoms with Crippen molar-refractivity contribution in [2.75, 3.05) is 6.61 Å². The van der Waals surface area contributed by atoms with Crippen LogP contribution in [-0.2, 0) is 12.0 Å². The first-order valence-corrected chi connectivity index (χ1v) is 12.2. The molecule has 0 aliphatic carbocycles. The molecule has 5 aromatic rings. The zero-order chi connectivity index (χ0) is 22.5. The van der Waals surface area contributed by atoms with Crippen molar-refractivity contribution in [2.45, 2.75) is 32.7 Å². The maximum Gasteiger partial charge on any atom is 0.160 e. The van der Waals surface area contributed by atoms with Gasteiger partial charge in [-0.3, -0.25) is 0 Å². The lowest BCUT2D eigenvalue weighted by atomic mass is 9.87. The van der Waals surface area contributed by atoms with Gasteiger partial charge in [-0.2, -0.15) is 0 Å². The van der Waals surface area contributed by atoms with Gasteiger partial charge in [0.15, 0.2) is 5.65 Å². The molecule has 0 aliphatic heterocycles. The number of fused-ring (bicyclic) bond motifs is 4. The Hall–Kier alpha value is -2.44. The average molecular weight is 553 g/mol. The van der Waals surface area contributed by atoms with E-state index in [-0.39, 0.29) is 5.41 Å². The fraction of sp³-hybridized carbons (Fsp3) is 0.231. The van der Waals surface area contributed by atoms with Gasteiger partial charge in [0.25, 0.3) is 0 Å². The molecular formula is C26H23Br2N3O. The highest BCUT2D eigenvalue weighted by atomic mass is 79.9. The van der Waals surface area contributed by atoms with Crippen LogP contribution in [0.3, 0.4) is 0 Å². The number of nitrogens with zero attached hydrogens (tertiary/aromatic N) is 3. The number of halogens is 2. The second kappa shape index (κ2) is 8.16. The van der Waals surface area contributed by atoms with Gasteiger partial charge >= 0.3 is 0 Å². The van der Waals surface area contributed by atoms with Crippen molar-refractivity contribution in [2.24, 2.45) is 0 Å². The van der Waals surface area contributed by atoms with E-state index in [1.807, 2.05) is 36.4 Å². The van der Waals surface area contributed by atoms with Crippen LogP contribution in [0.4, 0.5) is 0 Å². The summed E-state index contributed by atoms with van der Waals surface area (Å²) in [6, 6.07) is 20.5. The molecule has 0 unspecified atom stereocenters. The van der Waals surface area contributed by atoms with Gasteiger partial charge in [-0.25, -0.2) is 9.97 Å². The standard InChI is InChI=1S/C26H23Br2N3O/c1-26(2,3)16-8-10-18(11-9-16)32-13-12-31-24-19(14-17(27)15-20(24)28)23-25(31)30-22-7-5-4-6-21(22)29-23/h4-11,14-15H,12-13H2,1-3H3. The highest BCUT2D eigenvalue weighted by Crippen LogP contribution is 2.35. The van der Waals surface area contributed by atoms with E-state index in [2.05, 4.69) is 81.5 Å². The predicted molar refractivity (Wildman–Crippen MR) is 139 cm³/mol. The lowest BCUT2D eigenvalue weighted by Gasteiger charge is -2.19. The molecule has 2 heterocycles. The van der Waals surface area contributed by atoms with Crippen LogP contribution in [0.25, 0.3) is 33.1 Å². The summed E-state index contributed by atoms with van der Waals surface area (Å²) < 4.78 is 10.3. The molecule has 2 aromatic heterocycles. The van der Waals surface area contributed by atoms with Crippen LogP contribution in [-0.4, -0.2) is 21.1 Å². The van der Waals surface area contributed by atoms with Gasteiger partial charge in [-0.15, -0.1) is 0 Å². The Morgan fingerprint density at radius 3 is 2.28 bits per heavy atom. The Labute approximate surface area is 203 Å². The molecule has 3 aromatic carbocycles. The number of hydrogen-bond donors (Lipinski definition) is 0.